The molecule has 52 valence electrons. The Morgan fingerprint density at radius 3 is 2.50 bits per heavy atom. The highest BCUT2D eigenvalue weighted by Crippen LogP contribution is 1.92. The van der Waals surface area contributed by atoms with E-state index in [0.717, 1.165) is 0 Å². The fourth-order valence-corrected chi connectivity index (χ4v) is 2.47. The first-order chi connectivity index (χ1) is 4.33. The lowest BCUT2D eigenvalue weighted by molar-refractivity contribution is 1.50. The van der Waals surface area contributed by atoms with Crippen molar-refractivity contribution in [2.24, 2.45) is 0 Å². The molecule has 0 unspecified atom stereocenters. The van der Waals surface area contributed by atoms with Crippen LogP contribution in [0.3, 0.4) is 0 Å². The monoisotopic (exact) mass is 274 g/mol. The van der Waals surface area contributed by atoms with Gasteiger partial charge in [-0.05, 0) is 6.92 Å². The summed E-state index contributed by atoms with van der Waals surface area (Å²) in [6.07, 6.45) is 0. The van der Waals surface area contributed by atoms with Gasteiger partial charge in [0.25, 0.3) is 0 Å². The van der Waals surface area contributed by atoms with Gasteiger partial charge in [-0.3, -0.25) is 12.9 Å². The summed E-state index contributed by atoms with van der Waals surface area (Å²) in [6, 6.07) is 8.65. The molecule has 0 atom stereocenters. The first kappa shape index (κ1) is 10.9. The van der Waals surface area contributed by atoms with E-state index in [0.29, 0.717) is 0 Å². The number of halogens is 2. The molecule has 0 saturated heterocycles. The summed E-state index contributed by atoms with van der Waals surface area (Å²) in [4.78, 5) is 0. The van der Waals surface area contributed by atoms with Crippen LogP contribution < -0.4 is 3.69 Å². The molecule has 1 rings (SSSR count). The second-order valence-electron chi connectivity index (χ2n) is 2.12. The van der Waals surface area contributed by atoms with Crippen molar-refractivity contribution in [3.05, 3.63) is 29.8 Å². The van der Waals surface area contributed by atoms with Gasteiger partial charge in [-0.25, -0.2) is 0 Å². The van der Waals surface area contributed by atoms with Gasteiger partial charge in [0, 0.05) is 0 Å². The molecule has 10 heavy (non-hydrogen) atoms. The van der Waals surface area contributed by atoms with Crippen LogP contribution in [0.1, 0.15) is 5.56 Å². The van der Waals surface area contributed by atoms with Gasteiger partial charge in [-0.15, -0.1) is 17.0 Å². The molecule has 0 aliphatic rings. The first-order valence-corrected chi connectivity index (χ1v) is 7.55. The van der Waals surface area contributed by atoms with Crippen LogP contribution in [-0.4, -0.2) is 18.2 Å². The molecular weight excluding hydrogens is 268 g/mol. The third kappa shape index (κ3) is 3.37. The topological polar surface area (TPSA) is 0 Å². The summed E-state index contributed by atoms with van der Waals surface area (Å²) in [5, 5.41) is 0. The summed E-state index contributed by atoms with van der Waals surface area (Å²) in [5.41, 5.74) is 1.36. The summed E-state index contributed by atoms with van der Waals surface area (Å²) in [5.74, 6) is 0. The van der Waals surface area contributed by atoms with E-state index in [1.807, 2.05) is 0 Å². The van der Waals surface area contributed by atoms with Crippen LogP contribution in [0.2, 0.25) is 0 Å². The molecule has 0 nitrogen and oxygen atoms in total. The average Bonchev–Trinajstić information content (AvgIpc) is 1.88. The van der Waals surface area contributed by atoms with Crippen molar-refractivity contribution in [2.75, 3.05) is 0 Å². The van der Waals surface area contributed by atoms with Crippen molar-refractivity contribution in [1.29, 1.82) is 0 Å². The SMILES string of the molecule is Br.Cc1ccc[c]([Mg][Br])c1. The highest BCUT2D eigenvalue weighted by molar-refractivity contribution is 9.23. The minimum absolute atomic E-state index is 0. The van der Waals surface area contributed by atoms with E-state index in [1.54, 1.807) is 0 Å². The molecular formula is C7H8Br2Mg. The molecule has 0 radical (unpaired) electrons. The van der Waals surface area contributed by atoms with E-state index in [4.69, 9.17) is 0 Å². The van der Waals surface area contributed by atoms with E-state index in [1.165, 1.54) is 9.26 Å². The molecule has 0 aliphatic heterocycles. The third-order valence-corrected chi connectivity index (χ3v) is 3.93. The Bertz CT molecular complexity index is 201. The van der Waals surface area contributed by atoms with Crippen LogP contribution in [0, 0.1) is 6.92 Å². The van der Waals surface area contributed by atoms with E-state index >= 15 is 0 Å². The maximum absolute atomic E-state index is 3.53. The minimum Gasteiger partial charge on any atom is -0.296 e. The Hall–Kier alpha value is 0.946. The van der Waals surface area contributed by atoms with Crippen molar-refractivity contribution in [2.45, 2.75) is 6.92 Å². The molecule has 0 fully saturated rings. The van der Waals surface area contributed by atoms with Crippen LogP contribution in [0.15, 0.2) is 24.3 Å². The zero-order chi connectivity index (χ0) is 6.69. The van der Waals surface area contributed by atoms with Gasteiger partial charge in [-0.1, -0.05) is 29.8 Å². The number of rotatable bonds is 1. The molecule has 0 heterocycles. The number of aryl methyl sites for hydroxylation is 1. The largest absolute Gasteiger partial charge is 0.506 e. The van der Waals surface area contributed by atoms with Crippen molar-refractivity contribution in [1.82, 2.24) is 0 Å². The predicted molar refractivity (Wildman–Crippen MR) is 55.8 cm³/mol. The Kier molecular flexibility index (Phi) is 6.11. The van der Waals surface area contributed by atoms with Crippen LogP contribution in [0.4, 0.5) is 0 Å². The van der Waals surface area contributed by atoms with E-state index < -0.39 is 0 Å². The lowest BCUT2D eigenvalue weighted by Gasteiger charge is -1.94. The van der Waals surface area contributed by atoms with Crippen molar-refractivity contribution >= 4 is 51.8 Å². The molecule has 0 amide bonds. The zero-order valence-electron chi connectivity index (χ0n) is 5.80. The van der Waals surface area contributed by atoms with Gasteiger partial charge in [0.1, 0.15) is 0 Å². The van der Waals surface area contributed by atoms with Crippen molar-refractivity contribution in [3.63, 3.8) is 0 Å². The van der Waals surface area contributed by atoms with Gasteiger partial charge >= 0.3 is 18.2 Å². The smallest absolute Gasteiger partial charge is 0.296 e. The molecule has 0 aromatic heterocycles. The molecule has 1 aromatic carbocycles. The summed E-state index contributed by atoms with van der Waals surface area (Å²) >= 11 is 3.41. The molecule has 1 aromatic rings. The van der Waals surface area contributed by atoms with E-state index in [9.17, 15) is 0 Å². The number of benzene rings is 1. The molecule has 0 spiro atoms. The Morgan fingerprint density at radius 1 is 1.40 bits per heavy atom. The molecule has 0 aliphatic carbocycles. The second-order valence-corrected chi connectivity index (χ2v) is 4.89. The fourth-order valence-electron chi connectivity index (χ4n) is 0.795. The Labute approximate surface area is 87.8 Å². The highest BCUT2D eigenvalue weighted by atomic mass is 79.9. The van der Waals surface area contributed by atoms with Crippen LogP contribution in [0.25, 0.3) is 0 Å². The standard InChI is InChI=1S/C7H7.2BrH.Mg/c1-7-5-3-2-4-6-7;;;/h2-3,5-6H,1H3;2*1H;/q;;;+1/p-1. The maximum Gasteiger partial charge on any atom is 0.506 e. The third-order valence-electron chi connectivity index (χ3n) is 1.24. The fraction of sp³-hybridized carbons (Fsp3) is 0.143. The summed E-state index contributed by atoms with van der Waals surface area (Å²) in [6.45, 7) is 2.13. The first-order valence-electron chi connectivity index (χ1n) is 2.94. The molecule has 3 heteroatoms. The van der Waals surface area contributed by atoms with Gasteiger partial charge in [0.2, 0.25) is 0 Å². The average molecular weight is 276 g/mol. The Morgan fingerprint density at radius 2 is 2.10 bits per heavy atom. The molecule has 0 bridgehead atoms. The predicted octanol–water partition coefficient (Wildman–Crippen LogP) is 2.21. The van der Waals surface area contributed by atoms with E-state index in [-0.39, 0.29) is 35.2 Å². The van der Waals surface area contributed by atoms with Crippen LogP contribution in [-0.2, 0) is 0 Å². The van der Waals surface area contributed by atoms with Gasteiger partial charge in [0.05, 0.1) is 0 Å². The number of hydrogen-bond acceptors (Lipinski definition) is 0. The van der Waals surface area contributed by atoms with Crippen molar-refractivity contribution < 1.29 is 0 Å². The maximum atomic E-state index is 3.53. The van der Waals surface area contributed by atoms with Crippen molar-refractivity contribution in [3.8, 4) is 0 Å². The zero-order valence-corrected chi connectivity index (χ0v) is 10.5. The van der Waals surface area contributed by atoms with Crippen LogP contribution >= 0.6 is 29.9 Å². The minimum atomic E-state index is -0.118. The second kappa shape index (κ2) is 5.58. The lowest BCUT2D eigenvalue weighted by atomic mass is 10.2. The summed E-state index contributed by atoms with van der Waals surface area (Å²) < 4.78 is 1.48. The van der Waals surface area contributed by atoms with Gasteiger partial charge in [-0.2, -0.15) is 3.69 Å². The number of hydrogen-bond donors (Lipinski definition) is 0. The molecule has 0 N–H and O–H groups in total. The normalized spacial score (nSPS) is 7.80. The summed E-state index contributed by atoms with van der Waals surface area (Å²) in [7, 11) is 0. The van der Waals surface area contributed by atoms with Gasteiger partial charge in [0.15, 0.2) is 0 Å². The van der Waals surface area contributed by atoms with E-state index in [2.05, 4.69) is 44.1 Å². The van der Waals surface area contributed by atoms with Gasteiger partial charge < -0.3 is 0 Å². The quantitative estimate of drug-likeness (QED) is 0.690. The highest BCUT2D eigenvalue weighted by Gasteiger charge is 1.92. The van der Waals surface area contributed by atoms with Crippen LogP contribution in [0.5, 0.6) is 0 Å². The Balaban J connectivity index is 0.000000810. The lowest BCUT2D eigenvalue weighted by Crippen LogP contribution is -2.06. The molecule has 0 saturated carbocycles.